The molecule has 13 heavy (non-hydrogen) atoms. The number of hydrogen-bond acceptors (Lipinski definition) is 2. The van der Waals surface area contributed by atoms with Crippen LogP contribution in [0, 0.1) is 5.41 Å². The van der Waals surface area contributed by atoms with Crippen molar-refractivity contribution in [1.82, 2.24) is 0 Å². The van der Waals surface area contributed by atoms with E-state index in [0.29, 0.717) is 0 Å². The van der Waals surface area contributed by atoms with Gasteiger partial charge in [-0.15, -0.1) is 6.58 Å². The Morgan fingerprint density at radius 3 is 2.46 bits per heavy atom. The second-order valence-electron chi connectivity index (χ2n) is 4.37. The van der Waals surface area contributed by atoms with Crippen LogP contribution < -0.4 is 0 Å². The third-order valence-electron chi connectivity index (χ3n) is 3.92. The lowest BCUT2D eigenvalue weighted by atomic mass is 9.69. The summed E-state index contributed by atoms with van der Waals surface area (Å²) in [6.07, 6.45) is 6.90. The molecule has 1 aliphatic carbocycles. The molecule has 1 spiro atoms. The van der Waals surface area contributed by atoms with Gasteiger partial charge in [-0.2, -0.15) is 0 Å². The average molecular weight is 182 g/mol. The second kappa shape index (κ2) is 3.10. The summed E-state index contributed by atoms with van der Waals surface area (Å²) in [5.74, 6) is 0. The number of rotatable bonds is 1. The molecule has 1 aliphatic heterocycles. The quantitative estimate of drug-likeness (QED) is 0.627. The van der Waals surface area contributed by atoms with Crippen molar-refractivity contribution in [3.05, 3.63) is 12.7 Å². The van der Waals surface area contributed by atoms with Gasteiger partial charge in [0.15, 0.2) is 0 Å². The molecule has 0 radical (unpaired) electrons. The van der Waals surface area contributed by atoms with Crippen molar-refractivity contribution < 1.29 is 9.84 Å². The first-order valence-corrected chi connectivity index (χ1v) is 5.16. The lowest BCUT2D eigenvalue weighted by molar-refractivity contribution is -0.0848. The summed E-state index contributed by atoms with van der Waals surface area (Å²) in [6, 6.07) is 0. The molecule has 1 unspecified atom stereocenters. The molecule has 2 aliphatic rings. The van der Waals surface area contributed by atoms with Gasteiger partial charge in [-0.3, -0.25) is 0 Å². The highest BCUT2D eigenvalue weighted by molar-refractivity contribution is 5.13. The van der Waals surface area contributed by atoms with E-state index >= 15 is 0 Å². The van der Waals surface area contributed by atoms with E-state index in [1.54, 1.807) is 6.08 Å². The molecule has 2 rings (SSSR count). The van der Waals surface area contributed by atoms with Crippen molar-refractivity contribution in [3.8, 4) is 0 Å². The lowest BCUT2D eigenvalue weighted by Gasteiger charge is -2.43. The molecular formula is C11H18O2. The van der Waals surface area contributed by atoms with Crippen LogP contribution in [0.5, 0.6) is 0 Å². The molecular weight excluding hydrogens is 164 g/mol. The lowest BCUT2D eigenvalue weighted by Crippen LogP contribution is -2.45. The van der Waals surface area contributed by atoms with Crippen LogP contribution in [-0.4, -0.2) is 23.9 Å². The Kier molecular flexibility index (Phi) is 2.20. The molecule has 0 aromatic rings. The maximum atomic E-state index is 10.4. The Bertz CT molecular complexity index is 206. The van der Waals surface area contributed by atoms with E-state index < -0.39 is 5.60 Å². The highest BCUT2D eigenvalue weighted by atomic mass is 16.5. The molecule has 0 bridgehead atoms. The average Bonchev–Trinajstić information content (AvgIpc) is 2.47. The minimum atomic E-state index is -0.614. The third-order valence-corrected chi connectivity index (χ3v) is 3.92. The summed E-state index contributed by atoms with van der Waals surface area (Å²) in [5.41, 5.74) is -0.524. The van der Waals surface area contributed by atoms with E-state index in [9.17, 15) is 5.11 Å². The normalized spacial score (nSPS) is 37.9. The summed E-state index contributed by atoms with van der Waals surface area (Å²) < 4.78 is 5.35. The first-order valence-electron chi connectivity index (χ1n) is 5.16. The molecule has 2 heteroatoms. The van der Waals surface area contributed by atoms with Gasteiger partial charge >= 0.3 is 0 Å². The van der Waals surface area contributed by atoms with Gasteiger partial charge in [-0.25, -0.2) is 0 Å². The second-order valence-corrected chi connectivity index (χ2v) is 4.37. The maximum Gasteiger partial charge on any atom is 0.0882 e. The van der Waals surface area contributed by atoms with Crippen molar-refractivity contribution >= 4 is 0 Å². The van der Waals surface area contributed by atoms with Gasteiger partial charge in [-0.05, 0) is 32.1 Å². The SMILES string of the molecule is C=CC1(O)CCCC12CCOCC2. The van der Waals surface area contributed by atoms with Crippen LogP contribution in [0.1, 0.15) is 32.1 Å². The molecule has 1 N–H and O–H groups in total. The zero-order chi connectivity index (χ0) is 9.36. The first-order chi connectivity index (χ1) is 6.22. The Balaban J connectivity index is 2.23. The summed E-state index contributed by atoms with van der Waals surface area (Å²) in [4.78, 5) is 0. The van der Waals surface area contributed by atoms with Gasteiger partial charge in [0, 0.05) is 18.6 Å². The molecule has 1 saturated heterocycles. The van der Waals surface area contributed by atoms with Crippen LogP contribution in [0.4, 0.5) is 0 Å². The number of hydrogen-bond donors (Lipinski definition) is 1. The molecule has 74 valence electrons. The zero-order valence-corrected chi connectivity index (χ0v) is 8.09. The van der Waals surface area contributed by atoms with Crippen molar-refractivity contribution in [3.63, 3.8) is 0 Å². The highest BCUT2D eigenvalue weighted by Crippen LogP contribution is 2.53. The van der Waals surface area contributed by atoms with Crippen LogP contribution in [0.2, 0.25) is 0 Å². The van der Waals surface area contributed by atoms with Crippen molar-refractivity contribution in [1.29, 1.82) is 0 Å². The zero-order valence-electron chi connectivity index (χ0n) is 8.09. The van der Waals surface area contributed by atoms with Gasteiger partial charge < -0.3 is 9.84 Å². The number of aliphatic hydroxyl groups is 1. The molecule has 0 aromatic carbocycles. The van der Waals surface area contributed by atoms with Gasteiger partial charge in [0.05, 0.1) is 5.60 Å². The smallest absolute Gasteiger partial charge is 0.0882 e. The van der Waals surface area contributed by atoms with Crippen LogP contribution in [0.15, 0.2) is 12.7 Å². The minimum Gasteiger partial charge on any atom is -0.385 e. The van der Waals surface area contributed by atoms with Crippen LogP contribution in [0.25, 0.3) is 0 Å². The fraction of sp³-hybridized carbons (Fsp3) is 0.818. The highest BCUT2D eigenvalue weighted by Gasteiger charge is 2.52. The Morgan fingerprint density at radius 1 is 1.15 bits per heavy atom. The van der Waals surface area contributed by atoms with E-state index in [-0.39, 0.29) is 5.41 Å². The third kappa shape index (κ3) is 1.24. The molecule has 1 saturated carbocycles. The molecule has 0 aromatic heterocycles. The summed E-state index contributed by atoms with van der Waals surface area (Å²) >= 11 is 0. The molecule has 1 heterocycles. The Labute approximate surface area is 79.6 Å². The summed E-state index contributed by atoms with van der Waals surface area (Å²) in [6.45, 7) is 5.38. The van der Waals surface area contributed by atoms with Crippen molar-refractivity contribution in [2.75, 3.05) is 13.2 Å². The topological polar surface area (TPSA) is 29.5 Å². The summed E-state index contributed by atoms with van der Waals surface area (Å²) in [7, 11) is 0. The van der Waals surface area contributed by atoms with E-state index in [0.717, 1.165) is 45.3 Å². The van der Waals surface area contributed by atoms with E-state index in [4.69, 9.17) is 4.74 Å². The molecule has 0 amide bonds. The van der Waals surface area contributed by atoms with Crippen LogP contribution in [-0.2, 0) is 4.74 Å². The van der Waals surface area contributed by atoms with Gasteiger partial charge in [0.2, 0.25) is 0 Å². The monoisotopic (exact) mass is 182 g/mol. The number of ether oxygens (including phenoxy) is 1. The predicted octanol–water partition coefficient (Wildman–Crippen LogP) is 1.88. The standard InChI is InChI=1S/C11H18O2/c1-2-11(12)5-3-4-10(11)6-8-13-9-7-10/h2,12H,1,3-9H2. The molecule has 1 atom stereocenters. The molecule has 2 nitrogen and oxygen atoms in total. The summed E-state index contributed by atoms with van der Waals surface area (Å²) in [5, 5.41) is 10.4. The Morgan fingerprint density at radius 2 is 1.85 bits per heavy atom. The van der Waals surface area contributed by atoms with Crippen LogP contribution >= 0.6 is 0 Å². The Hall–Kier alpha value is -0.340. The minimum absolute atomic E-state index is 0.0903. The van der Waals surface area contributed by atoms with Crippen molar-refractivity contribution in [2.24, 2.45) is 5.41 Å². The molecule has 2 fully saturated rings. The van der Waals surface area contributed by atoms with E-state index in [1.807, 2.05) is 0 Å². The predicted molar refractivity (Wildman–Crippen MR) is 51.5 cm³/mol. The van der Waals surface area contributed by atoms with Gasteiger partial charge in [0.25, 0.3) is 0 Å². The fourth-order valence-electron chi connectivity index (χ4n) is 2.94. The fourth-order valence-corrected chi connectivity index (χ4v) is 2.94. The first kappa shape index (κ1) is 9.22. The van der Waals surface area contributed by atoms with E-state index in [2.05, 4.69) is 6.58 Å². The van der Waals surface area contributed by atoms with Crippen molar-refractivity contribution in [2.45, 2.75) is 37.7 Å². The van der Waals surface area contributed by atoms with Gasteiger partial charge in [0.1, 0.15) is 0 Å². The maximum absolute atomic E-state index is 10.4. The van der Waals surface area contributed by atoms with Gasteiger partial charge in [-0.1, -0.05) is 6.08 Å². The van der Waals surface area contributed by atoms with Crippen LogP contribution in [0.3, 0.4) is 0 Å². The van der Waals surface area contributed by atoms with E-state index in [1.165, 1.54) is 0 Å². The largest absolute Gasteiger partial charge is 0.385 e.